The van der Waals surface area contributed by atoms with Crippen molar-refractivity contribution in [3.05, 3.63) is 69.1 Å². The largest absolute Gasteiger partial charge is 0.462 e. The molecule has 0 aliphatic carbocycles. The fourth-order valence-electron chi connectivity index (χ4n) is 2.61. The first-order valence-electron chi connectivity index (χ1n) is 8.89. The van der Waals surface area contributed by atoms with Crippen LogP contribution in [0.15, 0.2) is 47.4 Å². The van der Waals surface area contributed by atoms with Crippen LogP contribution >= 0.6 is 11.6 Å². The summed E-state index contributed by atoms with van der Waals surface area (Å²) in [6, 6.07) is 11.6. The van der Waals surface area contributed by atoms with Crippen molar-refractivity contribution in [1.29, 1.82) is 0 Å². The second-order valence-corrected chi connectivity index (χ2v) is 8.72. The summed E-state index contributed by atoms with van der Waals surface area (Å²) in [4.78, 5) is 12.2. The molecule has 0 atom stereocenters. The van der Waals surface area contributed by atoms with Crippen LogP contribution in [0, 0.1) is 6.92 Å². The Morgan fingerprint density at radius 2 is 1.86 bits per heavy atom. The molecule has 0 radical (unpaired) electrons. The summed E-state index contributed by atoms with van der Waals surface area (Å²) in [6.07, 6.45) is 0.713. The first kappa shape index (κ1) is 22.0. The fourth-order valence-corrected chi connectivity index (χ4v) is 3.88. The van der Waals surface area contributed by atoms with Crippen molar-refractivity contribution in [3.63, 3.8) is 0 Å². The maximum Gasteiger partial charge on any atom is 0.338 e. The normalized spacial score (nSPS) is 12.3. The number of sulfonamides is 1. The molecule has 0 amide bonds. The molecule has 0 saturated carbocycles. The first-order valence-corrected chi connectivity index (χ1v) is 10.8. The van der Waals surface area contributed by atoms with Crippen molar-refractivity contribution in [2.24, 2.45) is 0 Å². The van der Waals surface area contributed by atoms with Crippen LogP contribution in [0.5, 0.6) is 0 Å². The van der Waals surface area contributed by atoms with Crippen LogP contribution in [0.1, 0.15) is 48.7 Å². The van der Waals surface area contributed by atoms with Crippen molar-refractivity contribution < 1.29 is 17.9 Å². The van der Waals surface area contributed by atoms with Gasteiger partial charge in [0, 0.05) is 10.7 Å². The molecule has 7 heteroatoms. The van der Waals surface area contributed by atoms with Crippen molar-refractivity contribution in [2.45, 2.75) is 34.1 Å². The molecule has 0 spiro atoms. The molecule has 2 aromatic rings. The lowest BCUT2D eigenvalue weighted by molar-refractivity contribution is 0.0505. The van der Waals surface area contributed by atoms with Gasteiger partial charge in [-0.15, -0.1) is 0 Å². The quantitative estimate of drug-likeness (QED) is 0.607. The monoisotopic (exact) mass is 421 g/mol. The second-order valence-electron chi connectivity index (χ2n) is 6.46. The molecule has 0 aliphatic rings. The van der Waals surface area contributed by atoms with E-state index in [0.29, 0.717) is 29.3 Å². The maximum atomic E-state index is 12.8. The van der Waals surface area contributed by atoms with E-state index in [0.717, 1.165) is 11.1 Å². The number of esters is 1. The van der Waals surface area contributed by atoms with Gasteiger partial charge in [-0.1, -0.05) is 30.7 Å². The highest BCUT2D eigenvalue weighted by Crippen LogP contribution is 2.28. The van der Waals surface area contributed by atoms with Crippen molar-refractivity contribution in [1.82, 2.24) is 0 Å². The van der Waals surface area contributed by atoms with Crippen LogP contribution in [0.2, 0.25) is 5.02 Å². The number of nitrogens with one attached hydrogen (secondary N) is 1. The van der Waals surface area contributed by atoms with Gasteiger partial charge in [0.1, 0.15) is 0 Å². The average molecular weight is 422 g/mol. The van der Waals surface area contributed by atoms with E-state index >= 15 is 0 Å². The van der Waals surface area contributed by atoms with E-state index in [4.69, 9.17) is 16.3 Å². The lowest BCUT2D eigenvalue weighted by atomic mass is 10.0. The number of hydrogen-bond acceptors (Lipinski definition) is 4. The van der Waals surface area contributed by atoms with E-state index in [1.54, 1.807) is 37.3 Å². The van der Waals surface area contributed by atoms with Crippen molar-refractivity contribution in [2.75, 3.05) is 11.3 Å². The first-order chi connectivity index (χ1) is 13.2. The summed E-state index contributed by atoms with van der Waals surface area (Å²) in [5, 5.41) is 0.538. The Morgan fingerprint density at radius 3 is 2.54 bits per heavy atom. The van der Waals surface area contributed by atoms with Gasteiger partial charge in [-0.05, 0) is 74.2 Å². The zero-order valence-electron chi connectivity index (χ0n) is 16.4. The Kier molecular flexibility index (Phi) is 7.27. The number of carbonyl (C=O) groups excluding carboxylic acids is 1. The molecule has 2 rings (SSSR count). The minimum atomic E-state index is -3.82. The van der Waals surface area contributed by atoms with Gasteiger partial charge in [-0.3, -0.25) is 4.72 Å². The van der Waals surface area contributed by atoms with Crippen molar-refractivity contribution >= 4 is 38.9 Å². The number of rotatable bonds is 7. The summed E-state index contributed by atoms with van der Waals surface area (Å²) in [5.41, 5.74) is 2.88. The minimum absolute atomic E-state index is 0.178. The van der Waals surface area contributed by atoms with Gasteiger partial charge < -0.3 is 4.74 Å². The predicted octanol–water partition coefficient (Wildman–Crippen LogP) is 5.41. The number of carbonyl (C=O) groups is 1. The van der Waals surface area contributed by atoms with Gasteiger partial charge in [0.25, 0.3) is 10.0 Å². The third kappa shape index (κ3) is 5.36. The highest BCUT2D eigenvalue weighted by atomic mass is 35.5. The topological polar surface area (TPSA) is 72.5 Å². The fraction of sp³-hybridized carbons (Fsp3) is 0.286. The molecule has 0 aliphatic heterocycles. The second kappa shape index (κ2) is 9.26. The summed E-state index contributed by atoms with van der Waals surface area (Å²) in [6.45, 7) is 7.39. The number of aryl methyl sites for hydroxylation is 1. The molecule has 1 N–H and O–H groups in total. The van der Waals surface area contributed by atoms with Gasteiger partial charge in [-0.25, -0.2) is 13.2 Å². The number of allylic oxidation sites excluding steroid dienone is 2. The molecule has 0 unspecified atom stereocenters. The van der Waals surface area contributed by atoms with Gasteiger partial charge >= 0.3 is 5.97 Å². The van der Waals surface area contributed by atoms with Gasteiger partial charge in [0.05, 0.1) is 17.1 Å². The Bertz CT molecular complexity index is 1010. The molecule has 5 nitrogen and oxygen atoms in total. The zero-order chi connectivity index (χ0) is 20.9. The van der Waals surface area contributed by atoms with Crippen LogP contribution in [0.3, 0.4) is 0 Å². The third-order valence-corrected chi connectivity index (χ3v) is 6.17. The molecule has 0 aromatic heterocycles. The van der Waals surface area contributed by atoms with Crippen LogP contribution in [-0.4, -0.2) is 21.0 Å². The SMILES string of the molecule is CCCOC(=O)c1cccc(NS(=O)(=O)/C(C)=C(\C)c2cc(Cl)ccc2C)c1. The number of benzene rings is 2. The Balaban J connectivity index is 2.32. The van der Waals surface area contributed by atoms with Gasteiger partial charge in [0.15, 0.2) is 0 Å². The van der Waals surface area contributed by atoms with Crippen LogP contribution in [0.25, 0.3) is 5.57 Å². The smallest absolute Gasteiger partial charge is 0.338 e. The number of anilines is 1. The highest BCUT2D eigenvalue weighted by Gasteiger charge is 2.19. The summed E-state index contributed by atoms with van der Waals surface area (Å²) in [7, 11) is -3.82. The highest BCUT2D eigenvalue weighted by molar-refractivity contribution is 7.96. The lowest BCUT2D eigenvalue weighted by Crippen LogP contribution is -2.15. The molecule has 0 heterocycles. The Morgan fingerprint density at radius 1 is 1.14 bits per heavy atom. The van der Waals surface area contributed by atoms with E-state index < -0.39 is 16.0 Å². The van der Waals surface area contributed by atoms with Gasteiger partial charge in [0.2, 0.25) is 0 Å². The van der Waals surface area contributed by atoms with Crippen molar-refractivity contribution in [3.8, 4) is 0 Å². The van der Waals surface area contributed by atoms with E-state index in [9.17, 15) is 13.2 Å². The number of hydrogen-bond donors (Lipinski definition) is 1. The van der Waals surface area contributed by atoms with Gasteiger partial charge in [-0.2, -0.15) is 0 Å². The summed E-state index contributed by atoms with van der Waals surface area (Å²) < 4.78 is 33.3. The average Bonchev–Trinajstić information content (AvgIpc) is 2.66. The summed E-state index contributed by atoms with van der Waals surface area (Å²) >= 11 is 6.06. The van der Waals surface area contributed by atoms with E-state index in [1.807, 2.05) is 19.9 Å². The summed E-state index contributed by atoms with van der Waals surface area (Å²) in [5.74, 6) is -0.485. The third-order valence-electron chi connectivity index (χ3n) is 4.32. The molecule has 28 heavy (non-hydrogen) atoms. The lowest BCUT2D eigenvalue weighted by Gasteiger charge is -2.14. The molecular formula is C21H24ClNO4S. The Hall–Kier alpha value is -2.31. The Labute approximate surface area is 171 Å². The number of ether oxygens (including phenoxy) is 1. The van der Waals surface area contributed by atoms with Crippen LogP contribution in [0.4, 0.5) is 5.69 Å². The van der Waals surface area contributed by atoms with Crippen LogP contribution in [-0.2, 0) is 14.8 Å². The molecule has 2 aromatic carbocycles. The predicted molar refractivity (Wildman–Crippen MR) is 114 cm³/mol. The molecule has 0 saturated heterocycles. The molecule has 150 valence electrons. The standard InChI is InChI=1S/C21H24ClNO4S/c1-5-11-27-21(24)17-7-6-8-19(12-17)23-28(25,26)16(4)15(3)20-13-18(22)10-9-14(20)2/h6-10,12-13,23H,5,11H2,1-4H3/b16-15+. The maximum absolute atomic E-state index is 12.8. The molecule has 0 bridgehead atoms. The molecular weight excluding hydrogens is 398 g/mol. The van der Waals surface area contributed by atoms with E-state index in [2.05, 4.69) is 4.72 Å². The van der Waals surface area contributed by atoms with E-state index in [1.165, 1.54) is 13.0 Å². The van der Waals surface area contributed by atoms with Crippen LogP contribution < -0.4 is 4.72 Å². The zero-order valence-corrected chi connectivity index (χ0v) is 17.9. The molecule has 0 fully saturated rings. The van der Waals surface area contributed by atoms with E-state index in [-0.39, 0.29) is 10.5 Å². The number of halogens is 1. The minimum Gasteiger partial charge on any atom is -0.462 e.